The SMILES string of the molecule is CC(C)n1c(=O)c(-c2cc(F)c(NS(=O)(=O)Cc3ccccc3F)c(F)c2F)cc2cnc(N[C@@H]3CNC[C@@H](F)C3)nc21. The summed E-state index contributed by atoms with van der Waals surface area (Å²) in [4.78, 5) is 22.2. The quantitative estimate of drug-likeness (QED) is 0.194. The van der Waals surface area contributed by atoms with Gasteiger partial charge in [-0.1, -0.05) is 18.2 Å². The second-order valence-electron chi connectivity index (χ2n) is 10.5. The number of nitrogens with zero attached hydrogens (tertiary/aromatic N) is 3. The Morgan fingerprint density at radius 3 is 2.49 bits per heavy atom. The van der Waals surface area contributed by atoms with Crippen LogP contribution in [0.25, 0.3) is 22.2 Å². The molecule has 0 bridgehead atoms. The molecule has 15 heteroatoms. The number of benzene rings is 2. The topological polar surface area (TPSA) is 118 Å². The molecule has 5 rings (SSSR count). The van der Waals surface area contributed by atoms with Gasteiger partial charge in [-0.3, -0.25) is 14.1 Å². The Morgan fingerprint density at radius 1 is 1.05 bits per heavy atom. The van der Waals surface area contributed by atoms with E-state index >= 15 is 13.2 Å². The molecule has 3 heterocycles. The van der Waals surface area contributed by atoms with Crippen LogP contribution in [-0.4, -0.2) is 48.3 Å². The Bertz CT molecular complexity index is 1870. The van der Waals surface area contributed by atoms with Gasteiger partial charge in [-0.2, -0.15) is 4.98 Å². The van der Waals surface area contributed by atoms with Crippen molar-refractivity contribution in [2.75, 3.05) is 23.1 Å². The molecular weight excluding hydrogens is 595 g/mol. The van der Waals surface area contributed by atoms with Crippen LogP contribution in [0.2, 0.25) is 0 Å². The number of anilines is 2. The first-order chi connectivity index (χ1) is 20.3. The lowest BCUT2D eigenvalue weighted by Gasteiger charge is -2.26. The van der Waals surface area contributed by atoms with Gasteiger partial charge in [-0.05, 0) is 32.0 Å². The predicted molar refractivity (Wildman–Crippen MR) is 152 cm³/mol. The number of sulfonamides is 1. The van der Waals surface area contributed by atoms with Crippen LogP contribution in [0.1, 0.15) is 31.9 Å². The van der Waals surface area contributed by atoms with E-state index in [0.29, 0.717) is 12.6 Å². The van der Waals surface area contributed by atoms with Gasteiger partial charge in [0.1, 0.15) is 23.3 Å². The van der Waals surface area contributed by atoms with Crippen molar-refractivity contribution in [1.29, 1.82) is 0 Å². The van der Waals surface area contributed by atoms with Gasteiger partial charge in [0.15, 0.2) is 17.5 Å². The molecule has 0 spiro atoms. The molecule has 4 aromatic rings. The van der Waals surface area contributed by atoms with E-state index in [0.717, 1.165) is 6.07 Å². The predicted octanol–water partition coefficient (Wildman–Crippen LogP) is 4.65. The fourth-order valence-corrected chi connectivity index (χ4v) is 6.15. The summed E-state index contributed by atoms with van der Waals surface area (Å²) in [5.41, 5.74) is -3.41. The number of aromatic nitrogens is 3. The number of nitrogens with one attached hydrogen (secondary N) is 3. The molecule has 1 saturated heterocycles. The second-order valence-corrected chi connectivity index (χ2v) is 12.2. The van der Waals surface area contributed by atoms with Crippen molar-refractivity contribution >= 4 is 32.7 Å². The number of halogens is 5. The fourth-order valence-electron chi connectivity index (χ4n) is 4.94. The Morgan fingerprint density at radius 2 is 1.79 bits per heavy atom. The highest BCUT2D eigenvalue weighted by Crippen LogP contribution is 2.32. The highest BCUT2D eigenvalue weighted by Gasteiger charge is 2.27. The minimum absolute atomic E-state index is 0.130. The van der Waals surface area contributed by atoms with E-state index in [9.17, 15) is 22.0 Å². The van der Waals surface area contributed by atoms with Crippen LogP contribution in [0, 0.1) is 23.3 Å². The maximum atomic E-state index is 15.4. The van der Waals surface area contributed by atoms with Crippen molar-refractivity contribution in [3.63, 3.8) is 0 Å². The van der Waals surface area contributed by atoms with Gasteiger partial charge in [-0.15, -0.1) is 0 Å². The second kappa shape index (κ2) is 11.9. The molecule has 2 atom stereocenters. The van der Waals surface area contributed by atoms with Crippen molar-refractivity contribution < 1.29 is 30.4 Å². The third kappa shape index (κ3) is 6.32. The number of pyridine rings is 1. The lowest BCUT2D eigenvalue weighted by atomic mass is 10.0. The molecule has 1 fully saturated rings. The number of alkyl halides is 1. The lowest BCUT2D eigenvalue weighted by Crippen LogP contribution is -2.44. The van der Waals surface area contributed by atoms with Crippen LogP contribution in [-0.2, 0) is 15.8 Å². The number of hydrogen-bond acceptors (Lipinski definition) is 7. The first-order valence-corrected chi connectivity index (χ1v) is 14.9. The van der Waals surface area contributed by atoms with Gasteiger partial charge in [0, 0.05) is 54.3 Å². The molecule has 3 N–H and O–H groups in total. The van der Waals surface area contributed by atoms with Crippen LogP contribution < -0.4 is 20.9 Å². The van der Waals surface area contributed by atoms with E-state index in [2.05, 4.69) is 20.6 Å². The first-order valence-electron chi connectivity index (χ1n) is 13.3. The molecule has 0 unspecified atom stereocenters. The number of rotatable bonds is 8. The lowest BCUT2D eigenvalue weighted by molar-refractivity contribution is 0.254. The third-order valence-electron chi connectivity index (χ3n) is 6.93. The summed E-state index contributed by atoms with van der Waals surface area (Å²) in [6.45, 7) is 4.03. The zero-order chi connectivity index (χ0) is 31.1. The highest BCUT2D eigenvalue weighted by molar-refractivity contribution is 7.91. The summed E-state index contributed by atoms with van der Waals surface area (Å²) in [5, 5.41) is 6.22. The van der Waals surface area contributed by atoms with E-state index in [-0.39, 0.29) is 41.6 Å². The Labute approximate surface area is 243 Å². The van der Waals surface area contributed by atoms with Crippen molar-refractivity contribution in [1.82, 2.24) is 19.9 Å². The molecule has 9 nitrogen and oxygen atoms in total. The largest absolute Gasteiger partial charge is 0.350 e. The fraction of sp³-hybridized carbons (Fsp3) is 0.321. The average Bonchev–Trinajstić information content (AvgIpc) is 2.94. The summed E-state index contributed by atoms with van der Waals surface area (Å²) >= 11 is 0. The van der Waals surface area contributed by atoms with Crippen LogP contribution >= 0.6 is 0 Å². The molecular formula is C28H27F5N6O3S. The molecule has 1 aliphatic heterocycles. The highest BCUT2D eigenvalue weighted by atomic mass is 32.2. The summed E-state index contributed by atoms with van der Waals surface area (Å²) in [7, 11) is -4.57. The summed E-state index contributed by atoms with van der Waals surface area (Å²) in [5.74, 6) is -6.74. The normalized spacial score (nSPS) is 17.4. The van der Waals surface area contributed by atoms with Gasteiger partial charge in [0.05, 0.1) is 11.3 Å². The van der Waals surface area contributed by atoms with E-state index in [4.69, 9.17) is 0 Å². The van der Waals surface area contributed by atoms with Crippen molar-refractivity contribution in [2.45, 2.75) is 44.3 Å². The monoisotopic (exact) mass is 622 g/mol. The van der Waals surface area contributed by atoms with Crippen molar-refractivity contribution in [3.05, 3.63) is 81.8 Å². The molecule has 0 radical (unpaired) electrons. The van der Waals surface area contributed by atoms with Crippen LogP contribution in [0.5, 0.6) is 0 Å². The Kier molecular flexibility index (Phi) is 8.38. The smallest absolute Gasteiger partial charge is 0.260 e. The van der Waals surface area contributed by atoms with E-state index in [1.807, 2.05) is 0 Å². The summed E-state index contributed by atoms with van der Waals surface area (Å²) in [6, 6.07) is 5.77. The Hall–Kier alpha value is -4.11. The zero-order valence-corrected chi connectivity index (χ0v) is 23.8. The van der Waals surface area contributed by atoms with Gasteiger partial charge >= 0.3 is 0 Å². The zero-order valence-electron chi connectivity index (χ0n) is 23.0. The van der Waals surface area contributed by atoms with Gasteiger partial charge in [0.25, 0.3) is 5.56 Å². The molecule has 228 valence electrons. The Balaban J connectivity index is 1.53. The number of fused-ring (bicyclic) bond motifs is 1. The minimum Gasteiger partial charge on any atom is -0.350 e. The van der Waals surface area contributed by atoms with Crippen LogP contribution in [0.4, 0.5) is 33.6 Å². The maximum Gasteiger partial charge on any atom is 0.260 e. The first kappa shape index (κ1) is 30.4. The van der Waals surface area contributed by atoms with Gasteiger partial charge in [-0.25, -0.2) is 35.4 Å². The minimum atomic E-state index is -4.57. The molecule has 1 aliphatic rings. The molecule has 43 heavy (non-hydrogen) atoms. The van der Waals surface area contributed by atoms with E-state index in [1.54, 1.807) is 18.6 Å². The summed E-state index contributed by atoms with van der Waals surface area (Å²) in [6.07, 6.45) is 0.522. The number of piperidine rings is 1. The van der Waals surface area contributed by atoms with Crippen LogP contribution in [0.15, 0.2) is 47.4 Å². The van der Waals surface area contributed by atoms with E-state index < -0.39 is 73.6 Å². The van der Waals surface area contributed by atoms with Crippen molar-refractivity contribution in [3.8, 4) is 11.1 Å². The van der Waals surface area contributed by atoms with Gasteiger partial charge in [0.2, 0.25) is 16.0 Å². The molecule has 2 aromatic carbocycles. The average molecular weight is 623 g/mol. The van der Waals surface area contributed by atoms with Gasteiger partial charge < -0.3 is 10.6 Å². The molecule has 0 aliphatic carbocycles. The number of hydrogen-bond donors (Lipinski definition) is 3. The summed E-state index contributed by atoms with van der Waals surface area (Å²) < 4.78 is 101. The standard InChI is InChI=1S/C28H27F5N6O3S/c1-14(2)39-26-16(10-35-28(37-26)36-18-8-17(29)11-34-12-18)7-20(27(39)40)19-9-22(31)25(24(33)23(19)32)38-43(41,42)13-15-5-3-4-6-21(15)30/h3-7,9-10,14,17-18,34,38H,8,11-13H2,1-2H3,(H,35,36,37)/t17-,18-/m0/s1. The van der Waals surface area contributed by atoms with E-state index in [1.165, 1.54) is 35.0 Å². The van der Waals surface area contributed by atoms with Crippen LogP contribution in [0.3, 0.4) is 0 Å². The third-order valence-corrected chi connectivity index (χ3v) is 8.14. The van der Waals surface area contributed by atoms with Crippen molar-refractivity contribution in [2.24, 2.45) is 0 Å². The maximum absolute atomic E-state index is 15.4. The molecule has 2 aromatic heterocycles. The molecule has 0 amide bonds. The molecule has 0 saturated carbocycles.